The smallest absolute Gasteiger partial charge is 0.231 e. The summed E-state index contributed by atoms with van der Waals surface area (Å²) in [6, 6.07) is 13.2. The summed E-state index contributed by atoms with van der Waals surface area (Å²) in [7, 11) is 3.14. The van der Waals surface area contributed by atoms with E-state index in [1.165, 1.54) is 0 Å². The number of Topliss-reactive ketones (excluding diaryl/α,β-unsaturated/α-hetero) is 1. The molecule has 0 spiro atoms. The Morgan fingerprint density at radius 2 is 2.00 bits per heavy atom. The molecule has 168 valence electrons. The first-order valence-electron chi connectivity index (χ1n) is 10.7. The number of ether oxygens (including phenoxy) is 4. The number of allylic oxidation sites excluding steroid dienone is 1. The van der Waals surface area contributed by atoms with Gasteiger partial charge < -0.3 is 18.9 Å². The van der Waals surface area contributed by atoms with Gasteiger partial charge in [-0.15, -0.1) is 0 Å². The summed E-state index contributed by atoms with van der Waals surface area (Å²) in [5.74, 6) is 2.53. The molecule has 5 rings (SSSR count). The molecule has 7 nitrogen and oxygen atoms in total. The third-order valence-electron chi connectivity index (χ3n) is 5.83. The Kier molecular flexibility index (Phi) is 5.48. The lowest BCUT2D eigenvalue weighted by molar-refractivity contribution is 0.0865. The molecule has 2 aliphatic heterocycles. The summed E-state index contributed by atoms with van der Waals surface area (Å²) in [5, 5.41) is 0. The molecule has 3 heterocycles. The van der Waals surface area contributed by atoms with Crippen LogP contribution in [0.1, 0.15) is 32.7 Å². The van der Waals surface area contributed by atoms with Gasteiger partial charge in [0.1, 0.15) is 18.2 Å². The molecule has 0 unspecified atom stereocenters. The van der Waals surface area contributed by atoms with E-state index in [2.05, 4.69) is 9.88 Å². The van der Waals surface area contributed by atoms with Crippen LogP contribution in [0.5, 0.6) is 23.0 Å². The average Bonchev–Trinajstić information content (AvgIpc) is 3.15. The van der Waals surface area contributed by atoms with Crippen LogP contribution in [-0.4, -0.2) is 36.6 Å². The number of methoxy groups -OCH3 is 2. The minimum Gasteiger partial charge on any atom is -0.493 e. The van der Waals surface area contributed by atoms with Crippen molar-refractivity contribution in [2.75, 3.05) is 21.0 Å². The van der Waals surface area contributed by atoms with Crippen molar-refractivity contribution in [2.24, 2.45) is 0 Å². The van der Waals surface area contributed by atoms with Crippen molar-refractivity contribution in [1.82, 2.24) is 9.88 Å². The molecule has 2 aromatic carbocycles. The number of benzene rings is 2. The number of pyridine rings is 1. The fourth-order valence-electron chi connectivity index (χ4n) is 4.29. The maximum absolute atomic E-state index is 13.2. The molecule has 0 saturated carbocycles. The number of carbonyl (C=O) groups excluding carboxylic acids is 1. The van der Waals surface area contributed by atoms with Crippen LogP contribution in [0.2, 0.25) is 0 Å². The summed E-state index contributed by atoms with van der Waals surface area (Å²) < 4.78 is 23.0. The Hall–Kier alpha value is -3.84. The number of carbonyl (C=O) groups is 1. The molecule has 0 fully saturated rings. The summed E-state index contributed by atoms with van der Waals surface area (Å²) in [5.41, 5.74) is 4.01. The Balaban J connectivity index is 1.45. The van der Waals surface area contributed by atoms with E-state index in [1.807, 2.05) is 43.3 Å². The lowest BCUT2D eigenvalue weighted by Gasteiger charge is -2.30. The topological polar surface area (TPSA) is 70.1 Å². The predicted molar refractivity (Wildman–Crippen MR) is 123 cm³/mol. The lowest BCUT2D eigenvalue weighted by Crippen LogP contribution is -2.32. The summed E-state index contributed by atoms with van der Waals surface area (Å²) in [6.45, 7) is 3.70. The zero-order valence-corrected chi connectivity index (χ0v) is 18.8. The number of aromatic nitrogens is 1. The van der Waals surface area contributed by atoms with E-state index >= 15 is 0 Å². The fourth-order valence-corrected chi connectivity index (χ4v) is 4.29. The highest BCUT2D eigenvalue weighted by Crippen LogP contribution is 2.44. The normalized spacial score (nSPS) is 16.1. The van der Waals surface area contributed by atoms with Gasteiger partial charge in [0.15, 0.2) is 17.3 Å². The number of ketones is 1. The van der Waals surface area contributed by atoms with Gasteiger partial charge in [-0.05, 0) is 37.3 Å². The van der Waals surface area contributed by atoms with E-state index < -0.39 is 0 Å². The molecule has 1 aromatic heterocycles. The second-order valence-corrected chi connectivity index (χ2v) is 7.97. The highest BCUT2D eigenvalue weighted by molar-refractivity contribution is 6.15. The van der Waals surface area contributed by atoms with Crippen LogP contribution >= 0.6 is 0 Å². The van der Waals surface area contributed by atoms with Crippen LogP contribution in [0, 0.1) is 6.92 Å². The predicted octanol–water partition coefficient (Wildman–Crippen LogP) is 4.38. The van der Waals surface area contributed by atoms with Crippen LogP contribution < -0.4 is 18.9 Å². The van der Waals surface area contributed by atoms with Gasteiger partial charge in [0.05, 0.1) is 25.5 Å². The van der Waals surface area contributed by atoms with E-state index in [1.54, 1.807) is 32.6 Å². The van der Waals surface area contributed by atoms with Crippen LogP contribution in [0.15, 0.2) is 54.4 Å². The largest absolute Gasteiger partial charge is 0.493 e. The van der Waals surface area contributed by atoms with Crippen molar-refractivity contribution >= 4 is 11.9 Å². The van der Waals surface area contributed by atoms with Crippen molar-refractivity contribution < 1.29 is 23.7 Å². The molecule has 0 atom stereocenters. The first-order chi connectivity index (χ1) is 16.1. The molecular weight excluding hydrogens is 420 g/mol. The minimum absolute atomic E-state index is 0.164. The van der Waals surface area contributed by atoms with Crippen LogP contribution in [-0.2, 0) is 13.1 Å². The number of nitrogens with zero attached hydrogens (tertiary/aromatic N) is 2. The number of fused-ring (bicyclic) bond motifs is 2. The molecule has 0 amide bonds. The third-order valence-corrected chi connectivity index (χ3v) is 5.83. The third kappa shape index (κ3) is 3.81. The first kappa shape index (κ1) is 21.0. The SMILES string of the molecule is COc1cccc(/C=C2\Oc3c(cc4c(c3C)OCN(Cc3ccccn3)C4)C2=O)c1OC. The Morgan fingerprint density at radius 3 is 2.76 bits per heavy atom. The van der Waals surface area contributed by atoms with Crippen LogP contribution in [0.4, 0.5) is 0 Å². The van der Waals surface area contributed by atoms with Gasteiger partial charge in [0, 0.05) is 36.0 Å². The second kappa shape index (κ2) is 8.60. The van der Waals surface area contributed by atoms with Gasteiger partial charge in [-0.2, -0.15) is 0 Å². The summed E-state index contributed by atoms with van der Waals surface area (Å²) in [6.07, 6.45) is 3.47. The van der Waals surface area contributed by atoms with E-state index in [0.717, 1.165) is 22.6 Å². The van der Waals surface area contributed by atoms with Gasteiger partial charge in [0.2, 0.25) is 5.78 Å². The van der Waals surface area contributed by atoms with E-state index in [0.29, 0.717) is 48.2 Å². The summed E-state index contributed by atoms with van der Waals surface area (Å²) >= 11 is 0. The van der Waals surface area contributed by atoms with Gasteiger partial charge in [-0.25, -0.2) is 0 Å². The molecule has 33 heavy (non-hydrogen) atoms. The molecule has 2 aliphatic rings. The highest BCUT2D eigenvalue weighted by Gasteiger charge is 2.34. The molecule has 3 aromatic rings. The number of hydrogen-bond acceptors (Lipinski definition) is 7. The van der Waals surface area contributed by atoms with Crippen LogP contribution in [0.3, 0.4) is 0 Å². The standard InChI is InChI=1S/C26H24N2O5/c1-16-24-18(13-28(15-32-24)14-19-8-4-5-10-27-19)11-20-23(29)22(33-25(16)20)12-17-7-6-9-21(30-2)26(17)31-3/h4-12H,13-15H2,1-3H3/b22-12-. The molecule has 0 aliphatic carbocycles. The Morgan fingerprint density at radius 1 is 1.12 bits per heavy atom. The fraction of sp³-hybridized carbons (Fsp3) is 0.231. The molecule has 0 N–H and O–H groups in total. The van der Waals surface area contributed by atoms with Gasteiger partial charge >= 0.3 is 0 Å². The highest BCUT2D eigenvalue weighted by atomic mass is 16.5. The minimum atomic E-state index is -0.164. The van der Waals surface area contributed by atoms with Crippen molar-refractivity contribution in [3.05, 3.63) is 82.4 Å². The Bertz CT molecular complexity index is 1250. The van der Waals surface area contributed by atoms with E-state index in [-0.39, 0.29) is 11.5 Å². The summed E-state index contributed by atoms with van der Waals surface area (Å²) in [4.78, 5) is 19.8. The molecule has 7 heteroatoms. The van der Waals surface area contributed by atoms with Gasteiger partial charge in [0.25, 0.3) is 0 Å². The number of rotatable bonds is 5. The van der Waals surface area contributed by atoms with Crippen LogP contribution in [0.25, 0.3) is 6.08 Å². The maximum atomic E-state index is 13.2. The number of para-hydroxylation sites is 1. The number of hydrogen-bond donors (Lipinski definition) is 0. The van der Waals surface area contributed by atoms with Crippen molar-refractivity contribution in [3.8, 4) is 23.0 Å². The average molecular weight is 444 g/mol. The van der Waals surface area contributed by atoms with Crippen molar-refractivity contribution in [2.45, 2.75) is 20.0 Å². The molecule has 0 bridgehead atoms. The molecular formula is C26H24N2O5. The lowest BCUT2D eigenvalue weighted by atomic mass is 10.00. The molecule has 0 radical (unpaired) electrons. The monoisotopic (exact) mass is 444 g/mol. The van der Waals surface area contributed by atoms with E-state index in [9.17, 15) is 4.79 Å². The van der Waals surface area contributed by atoms with E-state index in [4.69, 9.17) is 18.9 Å². The zero-order chi connectivity index (χ0) is 22.9. The second-order valence-electron chi connectivity index (χ2n) is 7.97. The first-order valence-corrected chi connectivity index (χ1v) is 10.7. The van der Waals surface area contributed by atoms with Gasteiger partial charge in [-0.3, -0.25) is 14.7 Å². The zero-order valence-electron chi connectivity index (χ0n) is 18.8. The quantitative estimate of drug-likeness (QED) is 0.541. The van der Waals surface area contributed by atoms with Crippen molar-refractivity contribution in [3.63, 3.8) is 0 Å². The van der Waals surface area contributed by atoms with Gasteiger partial charge in [-0.1, -0.05) is 18.2 Å². The van der Waals surface area contributed by atoms with Crippen molar-refractivity contribution in [1.29, 1.82) is 0 Å². The maximum Gasteiger partial charge on any atom is 0.231 e. The molecule has 0 saturated heterocycles. The Labute approximate surface area is 192 Å².